The maximum absolute atomic E-state index is 9.96. The number of hydrogen-bond donors (Lipinski definition) is 2. The van der Waals surface area contributed by atoms with Gasteiger partial charge in [-0.1, -0.05) is 24.6 Å². The van der Waals surface area contributed by atoms with E-state index in [9.17, 15) is 5.11 Å². The molecule has 0 aromatic heterocycles. The quantitative estimate of drug-likeness (QED) is 0.777. The molecular formula is C17H21NO3. The van der Waals surface area contributed by atoms with Crippen LogP contribution >= 0.6 is 0 Å². The third-order valence-corrected chi connectivity index (χ3v) is 5.25. The lowest BCUT2D eigenvalue weighted by Crippen LogP contribution is -2.41. The summed E-state index contributed by atoms with van der Waals surface area (Å²) in [5, 5.41) is 9.96. The largest absolute Gasteiger partial charge is 0.493 e. The van der Waals surface area contributed by atoms with Gasteiger partial charge in [0.05, 0.1) is 18.6 Å². The van der Waals surface area contributed by atoms with Gasteiger partial charge in [-0.2, -0.15) is 0 Å². The zero-order chi connectivity index (χ0) is 14.6. The lowest BCUT2D eigenvalue weighted by atomic mass is 9.69. The number of aliphatic hydroxyl groups excluding tert-OH is 1. The van der Waals surface area contributed by atoms with Crippen LogP contribution in [0.3, 0.4) is 0 Å². The fraction of sp³-hybridized carbons (Fsp3) is 0.529. The standard InChI is InChI=1S/C17H21NO3/c1-20-13-5-4-11-12(18)3-2-7-17-8-6-10(19)9-14(17)21-16(13)15(11)17/h4-6,8,10,12,14,19H,2-3,7,9,18H2,1H3/t10-,12-,14-,17+/m0/s1. The Kier molecular flexibility index (Phi) is 2.81. The molecule has 4 rings (SSSR count). The SMILES string of the molecule is COc1ccc2c3c1O[C@H]1C[C@@H](O)C=C[C@@]31CCC[C@@H]2N. The zero-order valence-electron chi connectivity index (χ0n) is 12.2. The van der Waals surface area contributed by atoms with E-state index in [1.165, 1.54) is 11.1 Å². The molecule has 0 fully saturated rings. The van der Waals surface area contributed by atoms with E-state index in [1.807, 2.05) is 12.1 Å². The summed E-state index contributed by atoms with van der Waals surface area (Å²) in [6.45, 7) is 0. The van der Waals surface area contributed by atoms with Gasteiger partial charge in [0.15, 0.2) is 11.5 Å². The smallest absolute Gasteiger partial charge is 0.166 e. The van der Waals surface area contributed by atoms with Crippen molar-refractivity contribution < 1.29 is 14.6 Å². The minimum absolute atomic E-state index is 0.0205. The molecule has 0 saturated carbocycles. The molecule has 1 spiro atoms. The number of benzene rings is 1. The molecular weight excluding hydrogens is 266 g/mol. The second-order valence-corrected chi connectivity index (χ2v) is 6.37. The fourth-order valence-electron chi connectivity index (χ4n) is 4.22. The van der Waals surface area contributed by atoms with Crippen molar-refractivity contribution in [3.8, 4) is 11.5 Å². The van der Waals surface area contributed by atoms with E-state index >= 15 is 0 Å². The van der Waals surface area contributed by atoms with Crippen LogP contribution in [0.1, 0.15) is 42.9 Å². The highest BCUT2D eigenvalue weighted by Crippen LogP contribution is 2.57. The third kappa shape index (κ3) is 1.69. The first-order valence-corrected chi connectivity index (χ1v) is 7.67. The maximum Gasteiger partial charge on any atom is 0.166 e. The summed E-state index contributed by atoms with van der Waals surface area (Å²) in [7, 11) is 1.66. The monoisotopic (exact) mass is 287 g/mol. The average Bonchev–Trinajstić information content (AvgIpc) is 2.73. The molecule has 3 aliphatic rings. The van der Waals surface area contributed by atoms with Crippen LogP contribution in [0.5, 0.6) is 11.5 Å². The van der Waals surface area contributed by atoms with Crippen molar-refractivity contribution in [3.05, 3.63) is 35.4 Å². The Balaban J connectivity index is 1.98. The van der Waals surface area contributed by atoms with Crippen LogP contribution in [0.25, 0.3) is 0 Å². The van der Waals surface area contributed by atoms with Gasteiger partial charge in [0.25, 0.3) is 0 Å². The Morgan fingerprint density at radius 1 is 1.43 bits per heavy atom. The van der Waals surface area contributed by atoms with Crippen LogP contribution in [0.2, 0.25) is 0 Å². The predicted octanol–water partition coefficient (Wildman–Crippen LogP) is 2.20. The van der Waals surface area contributed by atoms with Gasteiger partial charge in [0, 0.05) is 18.0 Å². The van der Waals surface area contributed by atoms with E-state index in [4.69, 9.17) is 15.2 Å². The number of methoxy groups -OCH3 is 1. The first kappa shape index (κ1) is 13.2. The van der Waals surface area contributed by atoms with Gasteiger partial charge in [0.2, 0.25) is 0 Å². The molecule has 1 heterocycles. The lowest BCUT2D eigenvalue weighted by Gasteiger charge is -2.35. The first-order chi connectivity index (χ1) is 10.2. The maximum atomic E-state index is 9.96. The van der Waals surface area contributed by atoms with Crippen LogP contribution in [-0.2, 0) is 5.41 Å². The Hall–Kier alpha value is -1.52. The third-order valence-electron chi connectivity index (χ3n) is 5.25. The molecule has 4 heteroatoms. The van der Waals surface area contributed by atoms with Crippen molar-refractivity contribution in [2.45, 2.75) is 49.3 Å². The molecule has 21 heavy (non-hydrogen) atoms. The molecule has 4 nitrogen and oxygen atoms in total. The minimum atomic E-state index is -0.429. The molecule has 112 valence electrons. The normalized spacial score (nSPS) is 36.4. The van der Waals surface area contributed by atoms with Gasteiger partial charge >= 0.3 is 0 Å². The van der Waals surface area contributed by atoms with Gasteiger partial charge in [-0.25, -0.2) is 0 Å². The highest BCUT2D eigenvalue weighted by molar-refractivity contribution is 5.61. The number of ether oxygens (including phenoxy) is 2. The molecule has 1 aliphatic heterocycles. The molecule has 0 bridgehead atoms. The Morgan fingerprint density at radius 3 is 3.10 bits per heavy atom. The number of rotatable bonds is 1. The lowest BCUT2D eigenvalue weighted by molar-refractivity contribution is 0.0841. The number of hydrogen-bond acceptors (Lipinski definition) is 4. The van der Waals surface area contributed by atoms with Gasteiger partial charge < -0.3 is 20.3 Å². The molecule has 2 aliphatic carbocycles. The second-order valence-electron chi connectivity index (χ2n) is 6.37. The summed E-state index contributed by atoms with van der Waals surface area (Å²) in [4.78, 5) is 0. The Bertz CT molecular complexity index is 612. The summed E-state index contributed by atoms with van der Waals surface area (Å²) in [6.07, 6.45) is 7.31. The molecule has 1 aromatic rings. The molecule has 4 atom stereocenters. The van der Waals surface area contributed by atoms with E-state index in [0.29, 0.717) is 6.42 Å². The van der Waals surface area contributed by atoms with Gasteiger partial charge in [-0.05, 0) is 24.5 Å². The number of nitrogens with two attached hydrogens (primary N) is 1. The van der Waals surface area contributed by atoms with Crippen molar-refractivity contribution in [1.29, 1.82) is 0 Å². The van der Waals surface area contributed by atoms with Crippen LogP contribution in [0.4, 0.5) is 0 Å². The zero-order valence-corrected chi connectivity index (χ0v) is 12.2. The Labute approximate surface area is 124 Å². The topological polar surface area (TPSA) is 64.7 Å². The van der Waals surface area contributed by atoms with Gasteiger partial charge in [0.1, 0.15) is 6.10 Å². The van der Waals surface area contributed by atoms with E-state index in [-0.39, 0.29) is 17.6 Å². The van der Waals surface area contributed by atoms with Crippen molar-refractivity contribution >= 4 is 0 Å². The highest BCUT2D eigenvalue weighted by atomic mass is 16.5. The molecule has 0 radical (unpaired) electrons. The average molecular weight is 287 g/mol. The summed E-state index contributed by atoms with van der Waals surface area (Å²) in [6, 6.07) is 4.08. The molecule has 3 N–H and O–H groups in total. The molecule has 0 saturated heterocycles. The van der Waals surface area contributed by atoms with E-state index in [2.05, 4.69) is 12.1 Å². The molecule has 1 aromatic carbocycles. The molecule has 0 amide bonds. The second kappa shape index (κ2) is 4.49. The van der Waals surface area contributed by atoms with E-state index < -0.39 is 6.10 Å². The summed E-state index contributed by atoms with van der Waals surface area (Å²) in [5.74, 6) is 1.59. The summed E-state index contributed by atoms with van der Waals surface area (Å²) < 4.78 is 11.7. The van der Waals surface area contributed by atoms with Crippen LogP contribution in [-0.4, -0.2) is 24.4 Å². The van der Waals surface area contributed by atoms with Crippen molar-refractivity contribution in [1.82, 2.24) is 0 Å². The van der Waals surface area contributed by atoms with Crippen LogP contribution in [0.15, 0.2) is 24.3 Å². The summed E-state index contributed by atoms with van der Waals surface area (Å²) >= 11 is 0. The van der Waals surface area contributed by atoms with Crippen molar-refractivity contribution in [3.63, 3.8) is 0 Å². The van der Waals surface area contributed by atoms with Gasteiger partial charge in [-0.15, -0.1) is 0 Å². The van der Waals surface area contributed by atoms with Gasteiger partial charge in [-0.3, -0.25) is 0 Å². The van der Waals surface area contributed by atoms with E-state index in [1.54, 1.807) is 7.11 Å². The predicted molar refractivity (Wildman–Crippen MR) is 79.6 cm³/mol. The minimum Gasteiger partial charge on any atom is -0.493 e. The van der Waals surface area contributed by atoms with Crippen LogP contribution in [0, 0.1) is 0 Å². The summed E-state index contributed by atoms with van der Waals surface area (Å²) in [5.41, 5.74) is 8.59. The fourth-order valence-corrected chi connectivity index (χ4v) is 4.22. The molecule has 0 unspecified atom stereocenters. The first-order valence-electron chi connectivity index (χ1n) is 7.67. The van der Waals surface area contributed by atoms with Crippen LogP contribution < -0.4 is 15.2 Å². The Morgan fingerprint density at radius 2 is 2.29 bits per heavy atom. The highest BCUT2D eigenvalue weighted by Gasteiger charge is 2.52. The number of aliphatic hydroxyl groups is 1. The van der Waals surface area contributed by atoms with E-state index in [0.717, 1.165) is 30.8 Å². The van der Waals surface area contributed by atoms with Crippen molar-refractivity contribution in [2.75, 3.05) is 7.11 Å². The van der Waals surface area contributed by atoms with Crippen molar-refractivity contribution in [2.24, 2.45) is 5.73 Å².